The van der Waals surface area contributed by atoms with E-state index in [1.54, 1.807) is 0 Å². The largest absolute Gasteiger partial charge is 0.396 e. The Balaban J connectivity index is 2.25. The minimum Gasteiger partial charge on any atom is -0.396 e. The van der Waals surface area contributed by atoms with Crippen molar-refractivity contribution in [1.29, 1.82) is 0 Å². The molecule has 1 aromatic heterocycles. The molecule has 0 aliphatic rings. The first-order valence-corrected chi connectivity index (χ1v) is 5.00. The van der Waals surface area contributed by atoms with Gasteiger partial charge in [-0.15, -0.1) is 0 Å². The molecule has 0 spiro atoms. The normalized spacial score (nSPS) is 11.1. The summed E-state index contributed by atoms with van der Waals surface area (Å²) in [6.07, 6.45) is 3.14. The summed E-state index contributed by atoms with van der Waals surface area (Å²) in [6, 6.07) is 0. The van der Waals surface area contributed by atoms with Gasteiger partial charge in [-0.25, -0.2) is 0 Å². The lowest BCUT2D eigenvalue weighted by Gasteiger charge is -2.06. The van der Waals surface area contributed by atoms with E-state index in [-0.39, 0.29) is 0 Å². The smallest absolute Gasteiger partial charge is 0.0822 e. The van der Waals surface area contributed by atoms with Crippen molar-refractivity contribution in [2.45, 2.75) is 39.8 Å². The molecule has 80 valence electrons. The highest BCUT2D eigenvalue weighted by Gasteiger charge is 2.00. The molecule has 2 N–H and O–H groups in total. The van der Waals surface area contributed by atoms with E-state index in [2.05, 4.69) is 5.10 Å². The van der Waals surface area contributed by atoms with Crippen molar-refractivity contribution in [1.82, 2.24) is 9.78 Å². The Kier molecular flexibility index (Phi) is 3.95. The minimum atomic E-state index is 0.305. The van der Waals surface area contributed by atoms with Crippen LogP contribution in [0.4, 0.5) is 5.69 Å². The topological polar surface area (TPSA) is 53.1 Å². The van der Waals surface area contributed by atoms with Crippen LogP contribution in [-0.2, 0) is 11.3 Å². The van der Waals surface area contributed by atoms with Crippen LogP contribution in [0.25, 0.3) is 0 Å². The number of hydrogen-bond acceptors (Lipinski definition) is 3. The summed E-state index contributed by atoms with van der Waals surface area (Å²) >= 11 is 0. The molecule has 0 fully saturated rings. The highest BCUT2D eigenvalue weighted by molar-refractivity contribution is 5.39. The highest BCUT2D eigenvalue weighted by Crippen LogP contribution is 2.06. The maximum absolute atomic E-state index is 5.68. The number of anilines is 1. The molecule has 0 unspecified atom stereocenters. The molecular formula is C10H19N3O. The van der Waals surface area contributed by atoms with E-state index in [0.29, 0.717) is 6.10 Å². The lowest BCUT2D eigenvalue weighted by Crippen LogP contribution is -2.07. The molecule has 0 aliphatic carbocycles. The molecule has 0 aliphatic heterocycles. The first kappa shape index (κ1) is 11.0. The molecule has 1 heterocycles. The van der Waals surface area contributed by atoms with Gasteiger partial charge in [0.1, 0.15) is 0 Å². The lowest BCUT2D eigenvalue weighted by molar-refractivity contribution is 0.0743. The summed E-state index contributed by atoms with van der Waals surface area (Å²) in [6.45, 7) is 7.63. The number of aryl methyl sites for hydroxylation is 2. The molecule has 0 bridgehead atoms. The second-order valence-corrected chi connectivity index (χ2v) is 3.71. The van der Waals surface area contributed by atoms with Gasteiger partial charge in [-0.1, -0.05) is 0 Å². The van der Waals surface area contributed by atoms with E-state index >= 15 is 0 Å². The number of ether oxygens (including phenoxy) is 1. The van der Waals surface area contributed by atoms with E-state index < -0.39 is 0 Å². The van der Waals surface area contributed by atoms with Crippen LogP contribution >= 0.6 is 0 Å². The molecule has 0 aromatic carbocycles. The molecule has 0 atom stereocenters. The minimum absolute atomic E-state index is 0.305. The van der Waals surface area contributed by atoms with Crippen molar-refractivity contribution in [2.24, 2.45) is 0 Å². The van der Waals surface area contributed by atoms with Gasteiger partial charge in [-0.3, -0.25) is 4.68 Å². The fraction of sp³-hybridized carbons (Fsp3) is 0.700. The van der Waals surface area contributed by atoms with Crippen molar-refractivity contribution in [3.8, 4) is 0 Å². The van der Waals surface area contributed by atoms with Crippen LogP contribution in [0.1, 0.15) is 26.0 Å². The summed E-state index contributed by atoms with van der Waals surface area (Å²) in [5.74, 6) is 0. The third-order valence-corrected chi connectivity index (χ3v) is 1.97. The van der Waals surface area contributed by atoms with Gasteiger partial charge in [0.05, 0.1) is 17.5 Å². The van der Waals surface area contributed by atoms with Gasteiger partial charge >= 0.3 is 0 Å². The number of hydrogen-bond donors (Lipinski definition) is 1. The molecule has 0 radical (unpaired) electrons. The van der Waals surface area contributed by atoms with E-state index in [4.69, 9.17) is 10.5 Å². The van der Waals surface area contributed by atoms with Gasteiger partial charge in [-0.2, -0.15) is 5.10 Å². The second-order valence-electron chi connectivity index (χ2n) is 3.71. The lowest BCUT2D eigenvalue weighted by atomic mass is 10.4. The second kappa shape index (κ2) is 5.00. The van der Waals surface area contributed by atoms with Crippen molar-refractivity contribution >= 4 is 5.69 Å². The Labute approximate surface area is 85.0 Å². The van der Waals surface area contributed by atoms with Gasteiger partial charge in [0.2, 0.25) is 0 Å². The Hall–Kier alpha value is -1.03. The Morgan fingerprint density at radius 3 is 2.79 bits per heavy atom. The molecule has 1 aromatic rings. The number of nitrogen functional groups attached to an aromatic ring is 1. The highest BCUT2D eigenvalue weighted by atomic mass is 16.5. The summed E-state index contributed by atoms with van der Waals surface area (Å²) in [7, 11) is 0. The molecular weight excluding hydrogens is 178 g/mol. The predicted molar refractivity (Wildman–Crippen MR) is 57.1 cm³/mol. The van der Waals surface area contributed by atoms with Gasteiger partial charge in [0.25, 0.3) is 0 Å². The van der Waals surface area contributed by atoms with Gasteiger partial charge in [0.15, 0.2) is 0 Å². The zero-order chi connectivity index (χ0) is 10.6. The first-order valence-electron chi connectivity index (χ1n) is 5.00. The number of nitrogens with zero attached hydrogens (tertiary/aromatic N) is 2. The third-order valence-electron chi connectivity index (χ3n) is 1.97. The van der Waals surface area contributed by atoms with Crippen molar-refractivity contribution in [3.63, 3.8) is 0 Å². The molecule has 1 rings (SSSR count). The summed E-state index contributed by atoms with van der Waals surface area (Å²) < 4.78 is 7.30. The zero-order valence-electron chi connectivity index (χ0n) is 9.16. The fourth-order valence-electron chi connectivity index (χ4n) is 1.19. The van der Waals surface area contributed by atoms with Crippen LogP contribution in [0.15, 0.2) is 6.20 Å². The van der Waals surface area contributed by atoms with E-state index in [0.717, 1.165) is 31.0 Å². The summed E-state index contributed by atoms with van der Waals surface area (Å²) in [5.41, 5.74) is 7.34. The standard InChI is InChI=1S/C10H19N3O/c1-8(2)14-6-4-5-13-7-10(11)9(3)12-13/h7-8H,4-6,11H2,1-3H3. The maximum Gasteiger partial charge on any atom is 0.0822 e. The number of nitrogens with two attached hydrogens (primary N) is 1. The maximum atomic E-state index is 5.68. The number of aromatic nitrogens is 2. The first-order chi connectivity index (χ1) is 6.59. The average molecular weight is 197 g/mol. The molecule has 0 saturated heterocycles. The zero-order valence-corrected chi connectivity index (χ0v) is 9.16. The molecule has 0 saturated carbocycles. The Morgan fingerprint density at radius 1 is 1.57 bits per heavy atom. The molecule has 4 nitrogen and oxygen atoms in total. The van der Waals surface area contributed by atoms with Crippen molar-refractivity contribution in [2.75, 3.05) is 12.3 Å². The Morgan fingerprint density at radius 2 is 2.29 bits per heavy atom. The van der Waals surface area contributed by atoms with Crippen LogP contribution in [0.2, 0.25) is 0 Å². The van der Waals surface area contributed by atoms with Gasteiger partial charge < -0.3 is 10.5 Å². The average Bonchev–Trinajstić information content (AvgIpc) is 2.40. The van der Waals surface area contributed by atoms with Crippen LogP contribution in [0, 0.1) is 6.92 Å². The van der Waals surface area contributed by atoms with Crippen LogP contribution < -0.4 is 5.73 Å². The van der Waals surface area contributed by atoms with E-state index in [1.165, 1.54) is 0 Å². The third kappa shape index (κ3) is 3.38. The van der Waals surface area contributed by atoms with E-state index in [1.807, 2.05) is 31.6 Å². The molecule has 14 heavy (non-hydrogen) atoms. The fourth-order valence-corrected chi connectivity index (χ4v) is 1.19. The van der Waals surface area contributed by atoms with Crippen molar-refractivity contribution in [3.05, 3.63) is 11.9 Å². The van der Waals surface area contributed by atoms with E-state index in [9.17, 15) is 0 Å². The molecule has 0 amide bonds. The quantitative estimate of drug-likeness (QED) is 0.729. The Bertz CT molecular complexity index is 261. The van der Waals surface area contributed by atoms with Crippen LogP contribution in [0.3, 0.4) is 0 Å². The molecule has 4 heteroatoms. The van der Waals surface area contributed by atoms with Gasteiger partial charge in [-0.05, 0) is 27.2 Å². The number of rotatable bonds is 5. The summed E-state index contributed by atoms with van der Waals surface area (Å²) in [5, 5.41) is 4.26. The van der Waals surface area contributed by atoms with Crippen LogP contribution in [-0.4, -0.2) is 22.5 Å². The van der Waals surface area contributed by atoms with Gasteiger partial charge in [0, 0.05) is 19.3 Å². The predicted octanol–water partition coefficient (Wildman–Crippen LogP) is 1.59. The summed E-state index contributed by atoms with van der Waals surface area (Å²) in [4.78, 5) is 0. The SMILES string of the molecule is Cc1nn(CCCOC(C)C)cc1N. The van der Waals surface area contributed by atoms with Crippen LogP contribution in [0.5, 0.6) is 0 Å². The van der Waals surface area contributed by atoms with Crippen molar-refractivity contribution < 1.29 is 4.74 Å². The monoisotopic (exact) mass is 197 g/mol.